The van der Waals surface area contributed by atoms with Crippen LogP contribution in [0.5, 0.6) is 0 Å². The zero-order valence-electron chi connectivity index (χ0n) is 11.4. The highest BCUT2D eigenvalue weighted by Gasteiger charge is 2.03. The smallest absolute Gasteiger partial charge is 0.188 e. The molecule has 0 unspecified atom stereocenters. The third kappa shape index (κ3) is 3.59. The minimum Gasteiger partial charge on any atom is -0.362 e. The molecule has 108 valence electrons. The predicted octanol–water partition coefficient (Wildman–Crippen LogP) is 3.54. The topological polar surface area (TPSA) is 52.7 Å². The van der Waals surface area contributed by atoms with Gasteiger partial charge in [-0.2, -0.15) is 0 Å². The van der Waals surface area contributed by atoms with E-state index in [9.17, 15) is 0 Å². The Bertz CT molecular complexity index is 718. The van der Waals surface area contributed by atoms with E-state index in [2.05, 4.69) is 45.0 Å². The van der Waals surface area contributed by atoms with Crippen molar-refractivity contribution in [2.24, 2.45) is 0 Å². The molecular weight excluding hydrogens is 300 g/mol. The SMILES string of the molecule is S=C(NCCCc1c[nH]c2ccccc12)Nc1nccs1. The molecule has 4 nitrogen and oxygen atoms in total. The number of hydrogen-bond donors (Lipinski definition) is 3. The lowest BCUT2D eigenvalue weighted by atomic mass is 10.1. The van der Waals surface area contributed by atoms with E-state index in [0.717, 1.165) is 24.5 Å². The molecule has 0 radical (unpaired) electrons. The second kappa shape index (κ2) is 6.69. The number of para-hydroxylation sites is 1. The maximum absolute atomic E-state index is 5.23. The van der Waals surface area contributed by atoms with E-state index >= 15 is 0 Å². The van der Waals surface area contributed by atoms with Gasteiger partial charge in [-0.15, -0.1) is 11.3 Å². The number of hydrogen-bond acceptors (Lipinski definition) is 3. The first kappa shape index (κ1) is 14.0. The Morgan fingerprint density at radius 2 is 2.24 bits per heavy atom. The zero-order chi connectivity index (χ0) is 14.5. The van der Waals surface area contributed by atoms with Gasteiger partial charge in [-0.3, -0.25) is 0 Å². The van der Waals surface area contributed by atoms with E-state index in [1.54, 1.807) is 6.20 Å². The summed E-state index contributed by atoms with van der Waals surface area (Å²) in [5, 5.41) is 11.0. The molecule has 0 aliphatic rings. The average Bonchev–Trinajstić information content (AvgIpc) is 3.13. The normalized spacial score (nSPS) is 10.7. The van der Waals surface area contributed by atoms with Crippen LogP contribution in [0.2, 0.25) is 0 Å². The maximum atomic E-state index is 5.23. The summed E-state index contributed by atoms with van der Waals surface area (Å²) in [6, 6.07) is 8.38. The standard InChI is InChI=1S/C15H16N4S2/c20-14(19-15-17-8-9-21-15)16-7-3-4-11-10-18-13-6-2-1-5-12(11)13/h1-2,5-6,8-10,18H,3-4,7H2,(H2,16,17,19,20). The third-order valence-corrected chi connectivity index (χ3v) is 4.17. The van der Waals surface area contributed by atoms with Crippen LogP contribution in [0, 0.1) is 0 Å². The first-order valence-electron chi connectivity index (χ1n) is 6.82. The number of aryl methyl sites for hydroxylation is 1. The van der Waals surface area contributed by atoms with Gasteiger partial charge in [-0.25, -0.2) is 4.98 Å². The molecule has 0 spiro atoms. The highest BCUT2D eigenvalue weighted by Crippen LogP contribution is 2.18. The van der Waals surface area contributed by atoms with Crippen LogP contribution in [0.25, 0.3) is 10.9 Å². The van der Waals surface area contributed by atoms with Gasteiger partial charge in [0.15, 0.2) is 10.2 Å². The minimum atomic E-state index is 0.629. The van der Waals surface area contributed by atoms with Gasteiger partial charge in [0.05, 0.1) is 0 Å². The monoisotopic (exact) mass is 316 g/mol. The summed E-state index contributed by atoms with van der Waals surface area (Å²) in [5.41, 5.74) is 2.55. The van der Waals surface area contributed by atoms with Crippen molar-refractivity contribution in [2.75, 3.05) is 11.9 Å². The number of fused-ring (bicyclic) bond motifs is 1. The molecule has 6 heteroatoms. The number of aromatic amines is 1. The van der Waals surface area contributed by atoms with E-state index in [1.165, 1.54) is 27.8 Å². The van der Waals surface area contributed by atoms with Crippen LogP contribution in [0.4, 0.5) is 5.13 Å². The van der Waals surface area contributed by atoms with Gasteiger partial charge in [-0.1, -0.05) is 18.2 Å². The molecule has 3 aromatic rings. The Morgan fingerprint density at radius 3 is 3.10 bits per heavy atom. The first-order chi connectivity index (χ1) is 10.3. The molecule has 2 heterocycles. The van der Waals surface area contributed by atoms with Crippen LogP contribution >= 0.6 is 23.6 Å². The second-order valence-corrected chi connectivity index (χ2v) is 5.98. The number of nitrogens with one attached hydrogen (secondary N) is 3. The fourth-order valence-corrected chi connectivity index (χ4v) is 3.04. The zero-order valence-corrected chi connectivity index (χ0v) is 13.1. The van der Waals surface area contributed by atoms with E-state index in [-0.39, 0.29) is 0 Å². The van der Waals surface area contributed by atoms with Crippen molar-refractivity contribution < 1.29 is 0 Å². The lowest BCUT2D eigenvalue weighted by molar-refractivity contribution is 0.780. The number of thiocarbonyl (C=S) groups is 1. The summed E-state index contributed by atoms with van der Waals surface area (Å²) < 4.78 is 0. The maximum Gasteiger partial charge on any atom is 0.188 e. The summed E-state index contributed by atoms with van der Waals surface area (Å²) in [5.74, 6) is 0. The van der Waals surface area contributed by atoms with Gasteiger partial charge >= 0.3 is 0 Å². The van der Waals surface area contributed by atoms with Crippen molar-refractivity contribution >= 4 is 44.7 Å². The van der Waals surface area contributed by atoms with Crippen LogP contribution in [0.1, 0.15) is 12.0 Å². The Balaban J connectivity index is 1.45. The highest BCUT2D eigenvalue weighted by molar-refractivity contribution is 7.80. The average molecular weight is 316 g/mol. The molecule has 2 aromatic heterocycles. The molecule has 0 saturated carbocycles. The number of nitrogens with zero attached hydrogens (tertiary/aromatic N) is 1. The fourth-order valence-electron chi connectivity index (χ4n) is 2.25. The number of aromatic nitrogens is 2. The van der Waals surface area contributed by atoms with Crippen molar-refractivity contribution in [3.63, 3.8) is 0 Å². The third-order valence-electron chi connectivity index (χ3n) is 3.24. The lowest BCUT2D eigenvalue weighted by Gasteiger charge is -2.07. The molecule has 0 amide bonds. The second-order valence-electron chi connectivity index (χ2n) is 4.68. The van der Waals surface area contributed by atoms with Crippen molar-refractivity contribution in [3.8, 4) is 0 Å². The largest absolute Gasteiger partial charge is 0.362 e. The molecule has 1 aromatic carbocycles. The molecule has 21 heavy (non-hydrogen) atoms. The van der Waals surface area contributed by atoms with Crippen molar-refractivity contribution in [1.82, 2.24) is 15.3 Å². The van der Waals surface area contributed by atoms with Gasteiger partial charge in [-0.05, 0) is 36.7 Å². The molecule has 3 N–H and O–H groups in total. The Kier molecular flexibility index (Phi) is 4.47. The Morgan fingerprint density at radius 1 is 1.33 bits per heavy atom. The van der Waals surface area contributed by atoms with E-state index in [0.29, 0.717) is 5.11 Å². The molecular formula is C15H16N4S2. The molecule has 0 bridgehead atoms. The fraction of sp³-hybridized carbons (Fsp3) is 0.200. The van der Waals surface area contributed by atoms with Crippen LogP contribution in [0.15, 0.2) is 42.0 Å². The number of rotatable bonds is 5. The molecule has 0 aliphatic heterocycles. The van der Waals surface area contributed by atoms with Gasteiger partial charge < -0.3 is 15.6 Å². The summed E-state index contributed by atoms with van der Waals surface area (Å²) in [7, 11) is 0. The molecule has 0 aliphatic carbocycles. The summed E-state index contributed by atoms with van der Waals surface area (Å²) in [6.07, 6.45) is 5.90. The van der Waals surface area contributed by atoms with E-state index in [1.807, 2.05) is 11.4 Å². The van der Waals surface area contributed by atoms with E-state index in [4.69, 9.17) is 12.2 Å². The summed E-state index contributed by atoms with van der Waals surface area (Å²) in [6.45, 7) is 0.844. The van der Waals surface area contributed by atoms with Gasteiger partial charge in [0.25, 0.3) is 0 Å². The van der Waals surface area contributed by atoms with E-state index < -0.39 is 0 Å². The van der Waals surface area contributed by atoms with Gasteiger partial charge in [0.1, 0.15) is 0 Å². The molecule has 0 saturated heterocycles. The lowest BCUT2D eigenvalue weighted by Crippen LogP contribution is -2.29. The Hall–Kier alpha value is -1.92. The molecule has 0 atom stereocenters. The van der Waals surface area contributed by atoms with Crippen molar-refractivity contribution in [3.05, 3.63) is 47.6 Å². The van der Waals surface area contributed by atoms with Crippen LogP contribution in [0.3, 0.4) is 0 Å². The summed E-state index contributed by atoms with van der Waals surface area (Å²) in [4.78, 5) is 7.44. The summed E-state index contributed by atoms with van der Waals surface area (Å²) >= 11 is 6.77. The van der Waals surface area contributed by atoms with Crippen LogP contribution < -0.4 is 10.6 Å². The van der Waals surface area contributed by atoms with Crippen LogP contribution in [-0.4, -0.2) is 21.6 Å². The van der Waals surface area contributed by atoms with Crippen molar-refractivity contribution in [1.29, 1.82) is 0 Å². The number of H-pyrrole nitrogens is 1. The quantitative estimate of drug-likeness (QED) is 0.498. The number of anilines is 1. The number of thiazole rings is 1. The first-order valence-corrected chi connectivity index (χ1v) is 8.11. The molecule has 0 fully saturated rings. The molecule has 3 rings (SSSR count). The van der Waals surface area contributed by atoms with Gasteiger partial charge in [0, 0.05) is 35.2 Å². The van der Waals surface area contributed by atoms with Gasteiger partial charge in [0.2, 0.25) is 0 Å². The predicted molar refractivity (Wildman–Crippen MR) is 93.0 cm³/mol. The minimum absolute atomic E-state index is 0.629. The van der Waals surface area contributed by atoms with Crippen LogP contribution in [-0.2, 0) is 6.42 Å². The van der Waals surface area contributed by atoms with Crippen molar-refractivity contribution in [2.45, 2.75) is 12.8 Å². The Labute approximate surface area is 132 Å². The highest BCUT2D eigenvalue weighted by atomic mass is 32.1. The number of benzene rings is 1.